The van der Waals surface area contributed by atoms with Crippen molar-refractivity contribution in [2.75, 3.05) is 31.2 Å². The average Bonchev–Trinajstić information content (AvgIpc) is 2.47. The molecule has 18 heavy (non-hydrogen) atoms. The number of para-hydroxylation sites is 1. The Morgan fingerprint density at radius 2 is 2.00 bits per heavy atom. The van der Waals surface area contributed by atoms with Crippen LogP contribution in [0.1, 0.15) is 10.5 Å². The maximum absolute atomic E-state index is 10.8. The van der Waals surface area contributed by atoms with Crippen molar-refractivity contribution in [1.29, 1.82) is 0 Å². The van der Waals surface area contributed by atoms with Gasteiger partial charge in [0, 0.05) is 18.5 Å². The van der Waals surface area contributed by atoms with Crippen molar-refractivity contribution < 1.29 is 9.53 Å². The molecule has 1 aliphatic rings. The lowest BCUT2D eigenvalue weighted by molar-refractivity contribution is 0.111. The van der Waals surface area contributed by atoms with Crippen molar-refractivity contribution in [1.82, 2.24) is 4.98 Å². The first-order valence-electron chi connectivity index (χ1n) is 6.06. The molecule has 2 aromatic rings. The van der Waals surface area contributed by atoms with Crippen LogP contribution in [0.15, 0.2) is 30.3 Å². The van der Waals surface area contributed by atoms with Crippen LogP contribution < -0.4 is 4.90 Å². The highest BCUT2D eigenvalue weighted by molar-refractivity contribution is 5.92. The summed E-state index contributed by atoms with van der Waals surface area (Å²) in [7, 11) is 0. The van der Waals surface area contributed by atoms with E-state index < -0.39 is 0 Å². The number of anilines is 1. The highest BCUT2D eigenvalue weighted by atomic mass is 16.5. The van der Waals surface area contributed by atoms with Gasteiger partial charge in [-0.3, -0.25) is 4.79 Å². The Labute approximate surface area is 105 Å². The van der Waals surface area contributed by atoms with E-state index in [9.17, 15) is 4.79 Å². The molecule has 2 heterocycles. The fraction of sp³-hybridized carbons (Fsp3) is 0.286. The van der Waals surface area contributed by atoms with E-state index in [1.807, 2.05) is 18.2 Å². The minimum absolute atomic E-state index is 0.475. The van der Waals surface area contributed by atoms with Gasteiger partial charge in [0.1, 0.15) is 5.69 Å². The Hall–Kier alpha value is -1.94. The Balaban J connectivity index is 2.11. The fourth-order valence-electron chi connectivity index (χ4n) is 2.27. The lowest BCUT2D eigenvalue weighted by atomic mass is 10.1. The number of aldehydes is 1. The first-order valence-corrected chi connectivity index (χ1v) is 6.06. The summed E-state index contributed by atoms with van der Waals surface area (Å²) in [5.74, 6) is 0. The van der Waals surface area contributed by atoms with E-state index in [-0.39, 0.29) is 0 Å². The van der Waals surface area contributed by atoms with Crippen LogP contribution in [0.4, 0.5) is 5.69 Å². The van der Waals surface area contributed by atoms with Crippen molar-refractivity contribution in [3.63, 3.8) is 0 Å². The van der Waals surface area contributed by atoms with Crippen LogP contribution in [0, 0.1) is 0 Å². The average molecular weight is 242 g/mol. The highest BCUT2D eigenvalue weighted by Crippen LogP contribution is 2.25. The predicted molar refractivity (Wildman–Crippen MR) is 70.2 cm³/mol. The number of rotatable bonds is 2. The van der Waals surface area contributed by atoms with Crippen molar-refractivity contribution >= 4 is 22.9 Å². The summed E-state index contributed by atoms with van der Waals surface area (Å²) in [5.41, 5.74) is 2.45. The topological polar surface area (TPSA) is 42.4 Å². The summed E-state index contributed by atoms with van der Waals surface area (Å²) >= 11 is 0. The molecular formula is C14H14N2O2. The highest BCUT2D eigenvalue weighted by Gasteiger charge is 2.14. The minimum Gasteiger partial charge on any atom is -0.378 e. The fourth-order valence-corrected chi connectivity index (χ4v) is 2.27. The van der Waals surface area contributed by atoms with Crippen molar-refractivity contribution in [3.05, 3.63) is 36.0 Å². The van der Waals surface area contributed by atoms with Gasteiger partial charge in [0.2, 0.25) is 0 Å². The number of hydrogen-bond acceptors (Lipinski definition) is 4. The van der Waals surface area contributed by atoms with Crippen LogP contribution in [0.3, 0.4) is 0 Å². The van der Waals surface area contributed by atoms with Gasteiger partial charge >= 0.3 is 0 Å². The molecule has 92 valence electrons. The van der Waals surface area contributed by atoms with Crippen LogP contribution in [0.2, 0.25) is 0 Å². The number of hydrogen-bond donors (Lipinski definition) is 0. The Bertz CT molecular complexity index is 577. The second-order valence-electron chi connectivity index (χ2n) is 4.30. The molecular weight excluding hydrogens is 228 g/mol. The van der Waals surface area contributed by atoms with Gasteiger partial charge in [-0.25, -0.2) is 4.98 Å². The third-order valence-corrected chi connectivity index (χ3v) is 3.19. The predicted octanol–water partition coefficient (Wildman–Crippen LogP) is 1.88. The van der Waals surface area contributed by atoms with Gasteiger partial charge in [-0.1, -0.05) is 18.2 Å². The van der Waals surface area contributed by atoms with Crippen LogP contribution in [0.25, 0.3) is 10.9 Å². The number of carbonyl (C=O) groups excluding carboxylic acids is 1. The zero-order valence-electron chi connectivity index (χ0n) is 10.0. The van der Waals surface area contributed by atoms with Crippen LogP contribution in [0.5, 0.6) is 0 Å². The maximum atomic E-state index is 10.8. The van der Waals surface area contributed by atoms with Crippen LogP contribution in [-0.2, 0) is 4.74 Å². The molecule has 0 atom stereocenters. The summed E-state index contributed by atoms with van der Waals surface area (Å²) < 4.78 is 5.36. The van der Waals surface area contributed by atoms with Gasteiger partial charge in [0.25, 0.3) is 0 Å². The molecule has 0 aliphatic carbocycles. The van der Waals surface area contributed by atoms with Crippen molar-refractivity contribution in [3.8, 4) is 0 Å². The molecule has 0 amide bonds. The molecule has 0 radical (unpaired) electrons. The second kappa shape index (κ2) is 4.74. The van der Waals surface area contributed by atoms with Gasteiger partial charge in [-0.05, 0) is 12.1 Å². The summed E-state index contributed by atoms with van der Waals surface area (Å²) in [5, 5.41) is 1.06. The van der Waals surface area contributed by atoms with E-state index in [1.54, 1.807) is 6.07 Å². The molecule has 0 bridgehead atoms. The minimum atomic E-state index is 0.475. The summed E-state index contributed by atoms with van der Waals surface area (Å²) in [6.45, 7) is 3.21. The molecule has 1 saturated heterocycles. The number of fused-ring (bicyclic) bond motifs is 1. The molecule has 0 N–H and O–H groups in total. The summed E-state index contributed by atoms with van der Waals surface area (Å²) in [4.78, 5) is 17.5. The zero-order valence-corrected chi connectivity index (χ0v) is 10.0. The quantitative estimate of drug-likeness (QED) is 0.754. The van der Waals surface area contributed by atoms with E-state index in [1.165, 1.54) is 0 Å². The Kier molecular flexibility index (Phi) is 2.94. The normalized spacial score (nSPS) is 15.9. The molecule has 1 aromatic heterocycles. The number of aromatic nitrogens is 1. The van der Waals surface area contributed by atoms with Gasteiger partial charge in [0.05, 0.1) is 24.4 Å². The van der Waals surface area contributed by atoms with Crippen LogP contribution >= 0.6 is 0 Å². The molecule has 1 aliphatic heterocycles. The van der Waals surface area contributed by atoms with E-state index in [0.29, 0.717) is 5.69 Å². The molecule has 3 rings (SSSR count). The monoisotopic (exact) mass is 242 g/mol. The summed E-state index contributed by atoms with van der Waals surface area (Å²) in [6.07, 6.45) is 0.787. The van der Waals surface area contributed by atoms with E-state index in [4.69, 9.17) is 4.74 Å². The van der Waals surface area contributed by atoms with Gasteiger partial charge < -0.3 is 9.64 Å². The number of ether oxygens (including phenoxy) is 1. The first-order chi connectivity index (χ1) is 8.88. The molecule has 4 heteroatoms. The Morgan fingerprint density at radius 3 is 2.78 bits per heavy atom. The molecule has 1 aromatic carbocycles. The number of benzene rings is 1. The van der Waals surface area contributed by atoms with Gasteiger partial charge in [-0.2, -0.15) is 0 Å². The lowest BCUT2D eigenvalue weighted by Gasteiger charge is -2.29. The van der Waals surface area contributed by atoms with Crippen molar-refractivity contribution in [2.45, 2.75) is 0 Å². The smallest absolute Gasteiger partial charge is 0.168 e. The molecule has 4 nitrogen and oxygen atoms in total. The number of nitrogens with zero attached hydrogens (tertiary/aromatic N) is 2. The Morgan fingerprint density at radius 1 is 1.17 bits per heavy atom. The maximum Gasteiger partial charge on any atom is 0.168 e. The van der Waals surface area contributed by atoms with E-state index >= 15 is 0 Å². The number of pyridine rings is 1. The van der Waals surface area contributed by atoms with Crippen molar-refractivity contribution in [2.24, 2.45) is 0 Å². The van der Waals surface area contributed by atoms with Gasteiger partial charge in [0.15, 0.2) is 6.29 Å². The summed E-state index contributed by atoms with van der Waals surface area (Å²) in [6, 6.07) is 9.78. The van der Waals surface area contributed by atoms with Crippen LogP contribution in [-0.4, -0.2) is 37.6 Å². The number of carbonyl (C=O) groups is 1. The molecule has 1 fully saturated rings. The van der Waals surface area contributed by atoms with E-state index in [0.717, 1.165) is 49.2 Å². The zero-order chi connectivity index (χ0) is 12.4. The standard InChI is InChI=1S/C14H14N2O2/c17-10-12-5-4-11-2-1-3-13(14(11)15-12)16-6-8-18-9-7-16/h1-5,10H,6-9H2. The molecule has 0 saturated carbocycles. The first kappa shape index (κ1) is 11.2. The SMILES string of the molecule is O=Cc1ccc2cccc(N3CCOCC3)c2n1. The number of morpholine rings is 1. The molecule has 0 spiro atoms. The lowest BCUT2D eigenvalue weighted by Crippen LogP contribution is -2.36. The largest absolute Gasteiger partial charge is 0.378 e. The molecule has 0 unspecified atom stereocenters. The second-order valence-corrected chi connectivity index (χ2v) is 4.30. The third kappa shape index (κ3) is 1.95. The van der Waals surface area contributed by atoms with E-state index in [2.05, 4.69) is 16.0 Å². The third-order valence-electron chi connectivity index (χ3n) is 3.19. The van der Waals surface area contributed by atoms with Gasteiger partial charge in [-0.15, -0.1) is 0 Å².